The summed E-state index contributed by atoms with van der Waals surface area (Å²) in [4.78, 5) is 0. The highest BCUT2D eigenvalue weighted by Crippen LogP contribution is 2.34. The van der Waals surface area contributed by atoms with Gasteiger partial charge in [0.15, 0.2) is 0 Å². The molecule has 0 atom stereocenters. The molecule has 1 aromatic rings. The van der Waals surface area contributed by atoms with Crippen LogP contribution in [0, 0.1) is 5.41 Å². The van der Waals surface area contributed by atoms with Gasteiger partial charge in [-0.15, -0.1) is 0 Å². The maximum Gasteiger partial charge on any atom is 0.115 e. The molecule has 1 aliphatic heterocycles. The van der Waals surface area contributed by atoms with Crippen molar-refractivity contribution in [2.75, 3.05) is 26.3 Å². The van der Waals surface area contributed by atoms with E-state index >= 15 is 0 Å². The molecule has 3 heteroatoms. The van der Waals surface area contributed by atoms with Crippen molar-refractivity contribution in [3.05, 3.63) is 29.8 Å². The number of phenolic OH excluding ortho intramolecular Hbond substituents is 1. The van der Waals surface area contributed by atoms with Gasteiger partial charge in [0.05, 0.1) is 0 Å². The van der Waals surface area contributed by atoms with E-state index < -0.39 is 0 Å². The number of hydrogen-bond donors (Lipinski definition) is 2. The molecule has 2 N–H and O–H groups in total. The quantitative estimate of drug-likeness (QED) is 0.841. The van der Waals surface area contributed by atoms with Gasteiger partial charge in [-0.1, -0.05) is 19.1 Å². The molecule has 1 heterocycles. The van der Waals surface area contributed by atoms with Crippen LogP contribution < -0.4 is 5.32 Å². The van der Waals surface area contributed by atoms with Crippen molar-refractivity contribution in [1.29, 1.82) is 0 Å². The molecule has 0 aliphatic carbocycles. The van der Waals surface area contributed by atoms with Gasteiger partial charge in [-0.2, -0.15) is 0 Å². The first-order chi connectivity index (χ1) is 8.74. The van der Waals surface area contributed by atoms with Gasteiger partial charge >= 0.3 is 0 Å². The molecule has 100 valence electrons. The summed E-state index contributed by atoms with van der Waals surface area (Å²) >= 11 is 0. The Morgan fingerprint density at radius 1 is 1.33 bits per heavy atom. The van der Waals surface area contributed by atoms with Crippen LogP contribution in [0.3, 0.4) is 0 Å². The van der Waals surface area contributed by atoms with E-state index in [4.69, 9.17) is 4.74 Å². The standard InChI is InChI=1S/C15H23NO2/c1-2-16-12-15(6-8-18-9-7-15)11-13-4-3-5-14(17)10-13/h3-5,10,16-17H,2,6-9,11-12H2,1H3. The van der Waals surface area contributed by atoms with Crippen LogP contribution in [-0.4, -0.2) is 31.4 Å². The number of benzene rings is 1. The van der Waals surface area contributed by atoms with E-state index in [0.717, 1.165) is 45.6 Å². The van der Waals surface area contributed by atoms with Crippen LogP contribution in [0.4, 0.5) is 0 Å². The monoisotopic (exact) mass is 249 g/mol. The van der Waals surface area contributed by atoms with Gasteiger partial charge in [0.2, 0.25) is 0 Å². The van der Waals surface area contributed by atoms with Crippen LogP contribution in [0.25, 0.3) is 0 Å². The van der Waals surface area contributed by atoms with Gasteiger partial charge in [-0.25, -0.2) is 0 Å². The predicted octanol–water partition coefficient (Wildman–Crippen LogP) is 2.34. The van der Waals surface area contributed by atoms with Crippen molar-refractivity contribution in [3.8, 4) is 5.75 Å². The lowest BCUT2D eigenvalue weighted by atomic mass is 9.75. The fraction of sp³-hybridized carbons (Fsp3) is 0.600. The second kappa shape index (κ2) is 6.21. The minimum Gasteiger partial charge on any atom is -0.508 e. The molecule has 0 bridgehead atoms. The maximum absolute atomic E-state index is 9.56. The summed E-state index contributed by atoms with van der Waals surface area (Å²) in [5.41, 5.74) is 1.50. The number of nitrogens with one attached hydrogen (secondary N) is 1. The summed E-state index contributed by atoms with van der Waals surface area (Å²) in [5.74, 6) is 0.359. The van der Waals surface area contributed by atoms with Crippen LogP contribution in [0.5, 0.6) is 5.75 Å². The smallest absolute Gasteiger partial charge is 0.115 e. The van der Waals surface area contributed by atoms with Gasteiger partial charge in [-0.05, 0) is 48.9 Å². The van der Waals surface area contributed by atoms with Crippen molar-refractivity contribution >= 4 is 0 Å². The second-order valence-corrected chi connectivity index (χ2v) is 5.24. The average Bonchev–Trinajstić information content (AvgIpc) is 2.38. The van der Waals surface area contributed by atoms with Gasteiger partial charge < -0.3 is 15.2 Å². The van der Waals surface area contributed by atoms with E-state index in [2.05, 4.69) is 18.3 Å². The van der Waals surface area contributed by atoms with Crippen LogP contribution in [-0.2, 0) is 11.2 Å². The Bertz CT molecular complexity index is 373. The molecule has 0 saturated carbocycles. The molecule has 0 amide bonds. The summed E-state index contributed by atoms with van der Waals surface area (Å²) in [6.07, 6.45) is 3.20. The van der Waals surface area contributed by atoms with E-state index in [1.54, 1.807) is 6.07 Å². The fourth-order valence-corrected chi connectivity index (χ4v) is 2.71. The minimum absolute atomic E-state index is 0.280. The molecule has 1 fully saturated rings. The number of rotatable bonds is 5. The van der Waals surface area contributed by atoms with Crippen molar-refractivity contribution in [1.82, 2.24) is 5.32 Å². The Morgan fingerprint density at radius 3 is 2.78 bits per heavy atom. The first kappa shape index (κ1) is 13.4. The summed E-state index contributed by atoms with van der Waals surface area (Å²) in [7, 11) is 0. The molecular weight excluding hydrogens is 226 g/mol. The average molecular weight is 249 g/mol. The van der Waals surface area contributed by atoms with E-state index in [0.29, 0.717) is 5.75 Å². The molecule has 0 radical (unpaired) electrons. The highest BCUT2D eigenvalue weighted by Gasteiger charge is 2.32. The molecule has 2 rings (SSSR count). The minimum atomic E-state index is 0.280. The highest BCUT2D eigenvalue weighted by molar-refractivity contribution is 5.28. The lowest BCUT2D eigenvalue weighted by Gasteiger charge is -2.37. The van der Waals surface area contributed by atoms with Crippen LogP contribution in [0.1, 0.15) is 25.3 Å². The number of hydrogen-bond acceptors (Lipinski definition) is 3. The van der Waals surface area contributed by atoms with E-state index in [-0.39, 0.29) is 5.41 Å². The molecule has 1 aliphatic rings. The first-order valence-corrected chi connectivity index (χ1v) is 6.80. The van der Waals surface area contributed by atoms with E-state index in [1.807, 2.05) is 12.1 Å². The van der Waals surface area contributed by atoms with Crippen LogP contribution in [0.2, 0.25) is 0 Å². The number of aromatic hydroxyl groups is 1. The van der Waals surface area contributed by atoms with Gasteiger partial charge in [0.25, 0.3) is 0 Å². The largest absolute Gasteiger partial charge is 0.508 e. The summed E-state index contributed by atoms with van der Waals surface area (Å²) in [6, 6.07) is 7.63. The van der Waals surface area contributed by atoms with Crippen molar-refractivity contribution < 1.29 is 9.84 Å². The van der Waals surface area contributed by atoms with Crippen molar-refractivity contribution in [3.63, 3.8) is 0 Å². The van der Waals surface area contributed by atoms with Crippen LogP contribution in [0.15, 0.2) is 24.3 Å². The number of ether oxygens (including phenoxy) is 1. The Hall–Kier alpha value is -1.06. The summed E-state index contributed by atoms with van der Waals surface area (Å²) in [5, 5.41) is 13.0. The predicted molar refractivity (Wildman–Crippen MR) is 72.8 cm³/mol. The third kappa shape index (κ3) is 3.47. The zero-order chi connectivity index (χ0) is 12.8. The Balaban J connectivity index is 2.08. The molecule has 18 heavy (non-hydrogen) atoms. The Labute approximate surface area is 109 Å². The topological polar surface area (TPSA) is 41.5 Å². The highest BCUT2D eigenvalue weighted by atomic mass is 16.5. The third-order valence-corrected chi connectivity index (χ3v) is 3.79. The Kier molecular flexibility index (Phi) is 4.61. The summed E-state index contributed by atoms with van der Waals surface area (Å²) < 4.78 is 5.49. The van der Waals surface area contributed by atoms with Crippen molar-refractivity contribution in [2.24, 2.45) is 5.41 Å². The number of phenols is 1. The lowest BCUT2D eigenvalue weighted by Crippen LogP contribution is -2.40. The fourth-order valence-electron chi connectivity index (χ4n) is 2.71. The van der Waals surface area contributed by atoms with Gasteiger partial charge in [0, 0.05) is 19.8 Å². The maximum atomic E-state index is 9.56. The molecule has 1 aromatic carbocycles. The van der Waals surface area contributed by atoms with Crippen molar-refractivity contribution in [2.45, 2.75) is 26.2 Å². The van der Waals surface area contributed by atoms with Gasteiger partial charge in [-0.3, -0.25) is 0 Å². The second-order valence-electron chi connectivity index (χ2n) is 5.24. The molecule has 1 saturated heterocycles. The van der Waals surface area contributed by atoms with Crippen LogP contribution >= 0.6 is 0 Å². The molecular formula is C15H23NO2. The molecule has 0 unspecified atom stereocenters. The SMILES string of the molecule is CCNCC1(Cc2cccc(O)c2)CCOCC1. The third-order valence-electron chi connectivity index (χ3n) is 3.79. The van der Waals surface area contributed by atoms with Gasteiger partial charge in [0.1, 0.15) is 5.75 Å². The molecule has 3 nitrogen and oxygen atoms in total. The Morgan fingerprint density at radius 2 is 2.11 bits per heavy atom. The molecule has 0 spiro atoms. The normalized spacial score (nSPS) is 18.7. The van der Waals surface area contributed by atoms with E-state index in [1.165, 1.54) is 5.56 Å². The molecule has 0 aromatic heterocycles. The zero-order valence-electron chi connectivity index (χ0n) is 11.1. The van der Waals surface area contributed by atoms with E-state index in [9.17, 15) is 5.11 Å². The summed E-state index contributed by atoms with van der Waals surface area (Å²) in [6.45, 7) is 5.88. The zero-order valence-corrected chi connectivity index (χ0v) is 11.1. The lowest BCUT2D eigenvalue weighted by molar-refractivity contribution is 0.0152. The first-order valence-electron chi connectivity index (χ1n) is 6.80.